The van der Waals surface area contributed by atoms with Gasteiger partial charge in [-0.25, -0.2) is 8.78 Å². The van der Waals surface area contributed by atoms with Gasteiger partial charge in [0.15, 0.2) is 0 Å². The Morgan fingerprint density at radius 1 is 0.958 bits per heavy atom. The van der Waals surface area contributed by atoms with Crippen molar-refractivity contribution in [1.29, 1.82) is 0 Å². The Morgan fingerprint density at radius 3 is 2.33 bits per heavy atom. The number of halogens is 2. The summed E-state index contributed by atoms with van der Waals surface area (Å²) in [5, 5.41) is 0.722. The van der Waals surface area contributed by atoms with E-state index in [2.05, 4.69) is 10.9 Å². The van der Waals surface area contributed by atoms with Crippen molar-refractivity contribution < 1.29 is 18.4 Å². The van der Waals surface area contributed by atoms with Gasteiger partial charge in [-0.3, -0.25) is 20.4 Å². The number of nitrogens with zero attached hydrogens (tertiary/aromatic N) is 1. The van der Waals surface area contributed by atoms with Crippen LogP contribution in [0.3, 0.4) is 0 Å². The van der Waals surface area contributed by atoms with Gasteiger partial charge in [-0.05, 0) is 18.2 Å². The number of hydrazine groups is 1. The van der Waals surface area contributed by atoms with Crippen molar-refractivity contribution in [3.63, 3.8) is 0 Å². The molecule has 5 nitrogen and oxygen atoms in total. The van der Waals surface area contributed by atoms with Crippen LogP contribution in [0.1, 0.15) is 20.7 Å². The molecule has 0 aliphatic rings. The predicted molar refractivity (Wildman–Crippen MR) is 84.2 cm³/mol. The van der Waals surface area contributed by atoms with Crippen molar-refractivity contribution in [2.75, 3.05) is 0 Å². The lowest BCUT2D eigenvalue weighted by Crippen LogP contribution is -2.41. The molecule has 7 heteroatoms. The van der Waals surface area contributed by atoms with Crippen molar-refractivity contribution in [1.82, 2.24) is 15.4 Å². The first-order chi connectivity index (χ1) is 11.5. The summed E-state index contributed by atoms with van der Waals surface area (Å²) in [7, 11) is 1.80. The summed E-state index contributed by atoms with van der Waals surface area (Å²) in [6.07, 6.45) is 1.63. The topological polar surface area (TPSA) is 63.1 Å². The summed E-state index contributed by atoms with van der Waals surface area (Å²) >= 11 is 0. The third kappa shape index (κ3) is 2.83. The van der Waals surface area contributed by atoms with E-state index in [1.165, 1.54) is 0 Å². The maximum absolute atomic E-state index is 13.5. The molecule has 1 heterocycles. The fourth-order valence-corrected chi connectivity index (χ4v) is 2.44. The fourth-order valence-electron chi connectivity index (χ4n) is 2.44. The molecule has 0 unspecified atom stereocenters. The van der Waals surface area contributed by atoms with Crippen LogP contribution in [0.4, 0.5) is 8.78 Å². The molecular weight excluding hydrogens is 316 g/mol. The Morgan fingerprint density at radius 2 is 1.62 bits per heavy atom. The molecule has 1 aromatic heterocycles. The first-order valence-corrected chi connectivity index (χ1v) is 7.07. The van der Waals surface area contributed by atoms with E-state index in [0.717, 1.165) is 23.0 Å². The minimum absolute atomic E-state index is 0.366. The van der Waals surface area contributed by atoms with Gasteiger partial charge in [-0.15, -0.1) is 0 Å². The zero-order chi connectivity index (χ0) is 17.3. The molecule has 122 valence electrons. The molecule has 0 saturated carbocycles. The number of hydrogen-bond acceptors (Lipinski definition) is 2. The Kier molecular flexibility index (Phi) is 3.99. The lowest BCUT2D eigenvalue weighted by Gasteiger charge is -2.07. The number of amides is 2. The molecule has 24 heavy (non-hydrogen) atoms. The number of benzene rings is 2. The molecule has 0 spiro atoms. The van der Waals surface area contributed by atoms with E-state index in [-0.39, 0.29) is 5.56 Å². The van der Waals surface area contributed by atoms with E-state index in [4.69, 9.17) is 0 Å². The molecule has 0 fully saturated rings. The number of hydrogen-bond donors (Lipinski definition) is 2. The maximum Gasteiger partial charge on any atom is 0.272 e. The molecule has 0 radical (unpaired) electrons. The highest BCUT2D eigenvalue weighted by atomic mass is 19.1. The smallest absolute Gasteiger partial charge is 0.272 e. The summed E-state index contributed by atoms with van der Waals surface area (Å²) in [6.45, 7) is 0. The van der Waals surface area contributed by atoms with E-state index in [9.17, 15) is 18.4 Å². The highest BCUT2D eigenvalue weighted by Gasteiger charge is 2.16. The standard InChI is InChI=1S/C17H13F2N3O2/c1-22-9-13(11-4-2-3-5-15(11)22)17(24)21-20-16(23)12-7-6-10(18)8-14(12)19/h2-9H,1H3,(H,20,23)(H,21,24). The summed E-state index contributed by atoms with van der Waals surface area (Å²) in [4.78, 5) is 24.1. The first kappa shape index (κ1) is 15.7. The van der Waals surface area contributed by atoms with Gasteiger partial charge in [0.05, 0.1) is 11.1 Å². The number of fused-ring (bicyclic) bond motifs is 1. The molecule has 0 aliphatic heterocycles. The Balaban J connectivity index is 1.76. The quantitative estimate of drug-likeness (QED) is 0.710. The van der Waals surface area contributed by atoms with E-state index in [1.54, 1.807) is 29.9 Å². The Hall–Kier alpha value is -3.22. The number of rotatable bonds is 2. The average molecular weight is 329 g/mol. The molecule has 0 bridgehead atoms. The van der Waals surface area contributed by atoms with E-state index in [0.29, 0.717) is 11.6 Å². The summed E-state index contributed by atoms with van der Waals surface area (Å²) in [5.41, 5.74) is 5.22. The number of carbonyl (C=O) groups excluding carboxylic acids is 2. The molecule has 0 aliphatic carbocycles. The van der Waals surface area contributed by atoms with Crippen molar-refractivity contribution in [2.24, 2.45) is 7.05 Å². The van der Waals surface area contributed by atoms with Crippen molar-refractivity contribution in [2.45, 2.75) is 0 Å². The van der Waals surface area contributed by atoms with Gasteiger partial charge in [0.2, 0.25) is 0 Å². The predicted octanol–water partition coefficient (Wildman–Crippen LogP) is 2.53. The van der Waals surface area contributed by atoms with Gasteiger partial charge in [0.1, 0.15) is 11.6 Å². The number of para-hydroxylation sites is 1. The van der Waals surface area contributed by atoms with Gasteiger partial charge < -0.3 is 4.57 Å². The van der Waals surface area contributed by atoms with E-state index < -0.39 is 23.4 Å². The second kappa shape index (κ2) is 6.11. The largest absolute Gasteiger partial charge is 0.350 e. The zero-order valence-corrected chi connectivity index (χ0v) is 12.6. The van der Waals surface area contributed by atoms with Crippen LogP contribution in [0.5, 0.6) is 0 Å². The molecule has 2 N–H and O–H groups in total. The van der Waals surface area contributed by atoms with Crippen LogP contribution in [-0.2, 0) is 7.05 Å². The summed E-state index contributed by atoms with van der Waals surface area (Å²) in [6, 6.07) is 9.86. The van der Waals surface area contributed by atoms with Crippen LogP contribution in [0.15, 0.2) is 48.7 Å². The van der Waals surface area contributed by atoms with E-state index in [1.807, 2.05) is 12.1 Å². The zero-order valence-electron chi connectivity index (χ0n) is 12.6. The minimum atomic E-state index is -1.01. The van der Waals surface area contributed by atoms with Gasteiger partial charge in [-0.2, -0.15) is 0 Å². The Labute approximate surface area is 135 Å². The van der Waals surface area contributed by atoms with Gasteiger partial charge in [0, 0.05) is 30.2 Å². The molecular formula is C17H13F2N3O2. The number of carbonyl (C=O) groups is 2. The maximum atomic E-state index is 13.5. The van der Waals surface area contributed by atoms with Crippen molar-refractivity contribution >= 4 is 22.7 Å². The van der Waals surface area contributed by atoms with Crippen LogP contribution in [-0.4, -0.2) is 16.4 Å². The molecule has 2 aromatic carbocycles. The molecule has 2 amide bonds. The van der Waals surface area contributed by atoms with Crippen molar-refractivity contribution in [3.8, 4) is 0 Å². The summed E-state index contributed by atoms with van der Waals surface area (Å²) in [5.74, 6) is -3.21. The second-order valence-electron chi connectivity index (χ2n) is 5.20. The Bertz CT molecular complexity index is 950. The van der Waals surface area contributed by atoms with Crippen LogP contribution in [0.2, 0.25) is 0 Å². The molecule has 0 atom stereocenters. The monoisotopic (exact) mass is 329 g/mol. The minimum Gasteiger partial charge on any atom is -0.350 e. The number of nitrogens with one attached hydrogen (secondary N) is 2. The van der Waals surface area contributed by atoms with Crippen LogP contribution in [0.25, 0.3) is 10.9 Å². The lowest BCUT2D eigenvalue weighted by atomic mass is 10.1. The highest BCUT2D eigenvalue weighted by Crippen LogP contribution is 2.19. The first-order valence-electron chi connectivity index (χ1n) is 7.07. The van der Waals surface area contributed by atoms with Gasteiger partial charge in [0.25, 0.3) is 11.8 Å². The molecule has 0 saturated heterocycles. The number of aryl methyl sites for hydroxylation is 1. The SMILES string of the molecule is Cn1cc(C(=O)NNC(=O)c2ccc(F)cc2F)c2ccccc21. The van der Waals surface area contributed by atoms with Gasteiger partial charge in [-0.1, -0.05) is 18.2 Å². The molecule has 3 aromatic rings. The van der Waals surface area contributed by atoms with Crippen LogP contribution < -0.4 is 10.9 Å². The number of aromatic nitrogens is 1. The van der Waals surface area contributed by atoms with Crippen LogP contribution in [0, 0.1) is 11.6 Å². The molecule has 3 rings (SSSR count). The fraction of sp³-hybridized carbons (Fsp3) is 0.0588. The average Bonchev–Trinajstić information content (AvgIpc) is 2.90. The normalized spacial score (nSPS) is 10.6. The van der Waals surface area contributed by atoms with Gasteiger partial charge >= 0.3 is 0 Å². The van der Waals surface area contributed by atoms with Crippen LogP contribution >= 0.6 is 0 Å². The van der Waals surface area contributed by atoms with Crippen molar-refractivity contribution in [3.05, 3.63) is 71.4 Å². The second-order valence-corrected chi connectivity index (χ2v) is 5.20. The van der Waals surface area contributed by atoms with E-state index >= 15 is 0 Å². The third-order valence-corrected chi connectivity index (χ3v) is 3.61. The lowest BCUT2D eigenvalue weighted by molar-refractivity contribution is 0.0845. The third-order valence-electron chi connectivity index (χ3n) is 3.61. The highest BCUT2D eigenvalue weighted by molar-refractivity contribution is 6.08. The summed E-state index contributed by atoms with van der Waals surface area (Å²) < 4.78 is 28.2.